The predicted octanol–water partition coefficient (Wildman–Crippen LogP) is -0.358. The van der Waals surface area contributed by atoms with E-state index in [-0.39, 0.29) is 23.7 Å². The highest BCUT2D eigenvalue weighted by molar-refractivity contribution is 6.00. The molecule has 3 rings (SSSR count). The Morgan fingerprint density at radius 2 is 1.48 bits per heavy atom. The number of nitrogens with one attached hydrogen (secondary N) is 4. The molecule has 0 atom stereocenters. The molecule has 0 saturated heterocycles. The van der Waals surface area contributed by atoms with Crippen molar-refractivity contribution in [2.75, 3.05) is 16.4 Å². The molecule has 0 radical (unpaired) electrons. The maximum absolute atomic E-state index is 12.0. The van der Waals surface area contributed by atoms with Crippen LogP contribution in [-0.2, 0) is 0 Å². The van der Waals surface area contributed by atoms with Crippen LogP contribution in [0, 0.1) is 13.8 Å². The highest BCUT2D eigenvalue weighted by Gasteiger charge is 2.15. The molecule has 0 aliphatic heterocycles. The van der Waals surface area contributed by atoms with Crippen molar-refractivity contribution in [1.82, 2.24) is 45.3 Å². The Labute approximate surface area is 140 Å². The Kier molecular flexibility index (Phi) is 4.03. The summed E-state index contributed by atoms with van der Waals surface area (Å²) in [6, 6.07) is 0. The topological polar surface area (TPSA) is 189 Å². The van der Waals surface area contributed by atoms with Gasteiger partial charge < -0.3 is 11.1 Å². The minimum atomic E-state index is -0.593. The van der Waals surface area contributed by atoms with Gasteiger partial charge in [0.05, 0.1) is 5.70 Å². The Morgan fingerprint density at radius 3 is 2.04 bits per heavy atom. The van der Waals surface area contributed by atoms with E-state index in [0.717, 1.165) is 0 Å². The quantitative estimate of drug-likeness (QED) is 0.409. The minimum Gasteiger partial charge on any atom is -0.368 e. The van der Waals surface area contributed by atoms with Crippen LogP contribution in [0.3, 0.4) is 0 Å². The van der Waals surface area contributed by atoms with Crippen LogP contribution >= 0.6 is 0 Å². The summed E-state index contributed by atoms with van der Waals surface area (Å²) in [4.78, 5) is 31.9. The highest BCUT2D eigenvalue weighted by Crippen LogP contribution is 2.13. The lowest BCUT2D eigenvalue weighted by molar-refractivity contribution is 0.101. The molecule has 0 aromatic carbocycles. The lowest BCUT2D eigenvalue weighted by atomic mass is 10.4. The Hall–Kier alpha value is -3.90. The van der Waals surface area contributed by atoms with Crippen LogP contribution in [0.5, 0.6) is 0 Å². The molecule has 0 fully saturated rings. The molecular formula is C12H14N12O. The zero-order valence-electron chi connectivity index (χ0n) is 13.3. The summed E-state index contributed by atoms with van der Waals surface area (Å²) in [5, 5.41) is 18.2. The molecule has 0 saturated carbocycles. The van der Waals surface area contributed by atoms with Crippen LogP contribution in [0.15, 0.2) is 6.58 Å². The Bertz CT molecular complexity index is 869. The Balaban J connectivity index is 1.76. The summed E-state index contributed by atoms with van der Waals surface area (Å²) in [5.74, 6) is 0.735. The number of nitrogen functional groups attached to an aromatic ring is 1. The van der Waals surface area contributed by atoms with Crippen molar-refractivity contribution >= 4 is 29.4 Å². The van der Waals surface area contributed by atoms with Crippen molar-refractivity contribution in [1.29, 1.82) is 0 Å². The molecule has 128 valence electrons. The van der Waals surface area contributed by atoms with E-state index < -0.39 is 5.91 Å². The van der Waals surface area contributed by atoms with E-state index in [1.54, 1.807) is 13.8 Å². The van der Waals surface area contributed by atoms with Crippen molar-refractivity contribution in [2.45, 2.75) is 13.8 Å². The number of H-pyrrole nitrogens is 2. The van der Waals surface area contributed by atoms with Gasteiger partial charge in [0.1, 0.15) is 11.6 Å². The summed E-state index contributed by atoms with van der Waals surface area (Å²) < 4.78 is 0. The van der Waals surface area contributed by atoms with Gasteiger partial charge in [-0.3, -0.25) is 20.3 Å². The number of hydrogen-bond donors (Lipinski definition) is 5. The van der Waals surface area contributed by atoms with Gasteiger partial charge in [0.2, 0.25) is 23.7 Å². The summed E-state index contributed by atoms with van der Waals surface area (Å²) in [6.07, 6.45) is 0. The van der Waals surface area contributed by atoms with Gasteiger partial charge in [0.15, 0.2) is 5.82 Å². The molecule has 3 aromatic rings. The third-order valence-electron chi connectivity index (χ3n) is 2.81. The number of carbonyl (C=O) groups excluding carboxylic acids is 1. The molecule has 0 spiro atoms. The zero-order chi connectivity index (χ0) is 18.0. The maximum Gasteiger partial charge on any atom is 0.297 e. The number of aromatic amines is 2. The number of anilines is 3. The summed E-state index contributed by atoms with van der Waals surface area (Å²) in [6.45, 7) is 7.22. The molecule has 13 heteroatoms. The largest absolute Gasteiger partial charge is 0.368 e. The molecule has 25 heavy (non-hydrogen) atoms. The van der Waals surface area contributed by atoms with Crippen LogP contribution in [0.4, 0.5) is 17.8 Å². The van der Waals surface area contributed by atoms with Crippen molar-refractivity contribution in [3.05, 3.63) is 29.9 Å². The standard InChI is InChI=1S/C12H14N12O/c1-4(7-15-5(2)21-23-7)14-11-18-10(13)19-12(20-11)17-9(25)8-16-6(3)22-24-8/h1H2,2-3H3,(H,15,21,23)(H,16,22,24)(H4,13,14,17,18,19,20,25). The van der Waals surface area contributed by atoms with Gasteiger partial charge in [-0.1, -0.05) is 6.58 Å². The first kappa shape index (κ1) is 16.0. The van der Waals surface area contributed by atoms with Gasteiger partial charge in [-0.25, -0.2) is 9.97 Å². The third-order valence-corrected chi connectivity index (χ3v) is 2.81. The van der Waals surface area contributed by atoms with E-state index in [2.05, 4.69) is 62.5 Å². The lowest BCUT2D eigenvalue weighted by Gasteiger charge is -2.07. The van der Waals surface area contributed by atoms with Gasteiger partial charge in [-0.15, -0.1) is 5.10 Å². The number of carbonyl (C=O) groups is 1. The Morgan fingerprint density at radius 1 is 0.920 bits per heavy atom. The highest BCUT2D eigenvalue weighted by atomic mass is 16.2. The number of amides is 1. The van der Waals surface area contributed by atoms with E-state index in [1.807, 2.05) is 0 Å². The van der Waals surface area contributed by atoms with Crippen LogP contribution in [-0.4, -0.2) is 51.2 Å². The fraction of sp³-hybridized carbons (Fsp3) is 0.167. The van der Waals surface area contributed by atoms with Gasteiger partial charge in [-0.2, -0.15) is 20.1 Å². The average Bonchev–Trinajstić information content (AvgIpc) is 3.15. The van der Waals surface area contributed by atoms with Crippen LogP contribution in [0.25, 0.3) is 5.70 Å². The van der Waals surface area contributed by atoms with Crippen LogP contribution in [0.2, 0.25) is 0 Å². The fourth-order valence-electron chi connectivity index (χ4n) is 1.77. The number of hydrogen-bond acceptors (Lipinski definition) is 10. The molecule has 0 aliphatic carbocycles. The van der Waals surface area contributed by atoms with Gasteiger partial charge in [0, 0.05) is 0 Å². The fourth-order valence-corrected chi connectivity index (χ4v) is 1.77. The van der Waals surface area contributed by atoms with Gasteiger partial charge in [0.25, 0.3) is 5.91 Å². The molecule has 3 aromatic heterocycles. The minimum absolute atomic E-state index is 0.0494. The summed E-state index contributed by atoms with van der Waals surface area (Å²) in [5.41, 5.74) is 5.98. The SMILES string of the molecule is C=C(Nc1nc(N)nc(NC(=O)c2n[nH]c(C)n2)n1)c1n[nH]c(C)n1. The van der Waals surface area contributed by atoms with Gasteiger partial charge in [-0.05, 0) is 13.8 Å². The monoisotopic (exact) mass is 342 g/mol. The molecule has 0 bridgehead atoms. The molecule has 13 nitrogen and oxygen atoms in total. The molecule has 1 amide bonds. The lowest BCUT2D eigenvalue weighted by Crippen LogP contribution is -2.18. The number of aromatic nitrogens is 9. The van der Waals surface area contributed by atoms with E-state index in [9.17, 15) is 4.79 Å². The smallest absolute Gasteiger partial charge is 0.297 e. The van der Waals surface area contributed by atoms with E-state index in [0.29, 0.717) is 23.2 Å². The first-order chi connectivity index (χ1) is 11.9. The van der Waals surface area contributed by atoms with Gasteiger partial charge >= 0.3 is 0 Å². The number of nitrogens with two attached hydrogens (primary N) is 1. The number of nitrogens with zero attached hydrogens (tertiary/aromatic N) is 7. The first-order valence-electron chi connectivity index (χ1n) is 6.98. The molecule has 3 heterocycles. The number of aryl methyl sites for hydroxylation is 2. The van der Waals surface area contributed by atoms with Crippen molar-refractivity contribution in [3.8, 4) is 0 Å². The van der Waals surface area contributed by atoms with Crippen molar-refractivity contribution in [2.24, 2.45) is 0 Å². The molecule has 0 unspecified atom stereocenters. The second-order valence-corrected chi connectivity index (χ2v) is 4.89. The number of rotatable bonds is 5. The van der Waals surface area contributed by atoms with E-state index in [4.69, 9.17) is 5.73 Å². The second kappa shape index (κ2) is 6.31. The first-order valence-corrected chi connectivity index (χ1v) is 6.98. The summed E-state index contributed by atoms with van der Waals surface area (Å²) in [7, 11) is 0. The molecule has 6 N–H and O–H groups in total. The second-order valence-electron chi connectivity index (χ2n) is 4.89. The zero-order valence-corrected chi connectivity index (χ0v) is 13.3. The van der Waals surface area contributed by atoms with Crippen LogP contribution in [0.1, 0.15) is 28.1 Å². The van der Waals surface area contributed by atoms with E-state index in [1.165, 1.54) is 0 Å². The normalized spacial score (nSPS) is 10.5. The van der Waals surface area contributed by atoms with Crippen molar-refractivity contribution < 1.29 is 4.79 Å². The van der Waals surface area contributed by atoms with Crippen LogP contribution < -0.4 is 16.4 Å². The molecule has 0 aliphatic rings. The summed E-state index contributed by atoms with van der Waals surface area (Å²) >= 11 is 0. The van der Waals surface area contributed by atoms with E-state index >= 15 is 0 Å². The van der Waals surface area contributed by atoms with Crippen molar-refractivity contribution in [3.63, 3.8) is 0 Å². The molecular weight excluding hydrogens is 328 g/mol. The third kappa shape index (κ3) is 3.72. The average molecular weight is 342 g/mol. The predicted molar refractivity (Wildman–Crippen MR) is 87.1 cm³/mol. The maximum atomic E-state index is 12.0.